The van der Waals surface area contributed by atoms with Crippen LogP contribution in [0.25, 0.3) is 0 Å². The number of hydrogen-bond acceptors (Lipinski definition) is 3. The van der Waals surface area contributed by atoms with Crippen LogP contribution in [0.15, 0.2) is 0 Å². The number of carbonyl (C=O) groups is 1. The van der Waals surface area contributed by atoms with Crippen LogP contribution in [0.4, 0.5) is 0 Å². The summed E-state index contributed by atoms with van der Waals surface area (Å²) >= 11 is 0. The van der Waals surface area contributed by atoms with Crippen molar-refractivity contribution in [3.05, 3.63) is 0 Å². The van der Waals surface area contributed by atoms with E-state index in [4.69, 9.17) is 5.73 Å². The van der Waals surface area contributed by atoms with Gasteiger partial charge in [0, 0.05) is 12.6 Å². The number of rotatable bonds is 5. The first-order valence-corrected chi connectivity index (χ1v) is 7.51. The molecule has 4 N–H and O–H groups in total. The predicted molar refractivity (Wildman–Crippen MR) is 82.6 cm³/mol. The number of fused-ring (bicyclic) bond motifs is 2. The van der Waals surface area contributed by atoms with Crippen molar-refractivity contribution in [1.29, 1.82) is 0 Å². The van der Waals surface area contributed by atoms with E-state index in [0.717, 1.165) is 12.8 Å². The number of amides is 1. The molecular weight excluding hydrogens is 276 g/mol. The molecule has 2 aliphatic rings. The summed E-state index contributed by atoms with van der Waals surface area (Å²) in [5, 5.41) is 12.5. The van der Waals surface area contributed by atoms with Gasteiger partial charge in [0.1, 0.15) is 0 Å². The summed E-state index contributed by atoms with van der Waals surface area (Å²) in [5.74, 6) is 1.20. The van der Waals surface area contributed by atoms with Gasteiger partial charge in [0.05, 0.1) is 12.0 Å². The Kier molecular flexibility index (Phi) is 5.88. The Bertz CT molecular complexity index is 345. The molecule has 0 heterocycles. The van der Waals surface area contributed by atoms with Gasteiger partial charge < -0.3 is 16.2 Å². The van der Waals surface area contributed by atoms with Crippen LogP contribution in [0.3, 0.4) is 0 Å². The molecule has 5 atom stereocenters. The van der Waals surface area contributed by atoms with Gasteiger partial charge in [0.25, 0.3) is 0 Å². The van der Waals surface area contributed by atoms with Crippen molar-refractivity contribution >= 4 is 18.3 Å². The molecule has 5 unspecified atom stereocenters. The summed E-state index contributed by atoms with van der Waals surface area (Å²) in [5.41, 5.74) is 6.11. The highest BCUT2D eigenvalue weighted by atomic mass is 35.5. The highest BCUT2D eigenvalue weighted by Crippen LogP contribution is 2.47. The Hall–Kier alpha value is -0.320. The van der Waals surface area contributed by atoms with Crippen molar-refractivity contribution in [2.24, 2.45) is 28.9 Å². The average molecular weight is 305 g/mol. The smallest absolute Gasteiger partial charge is 0.224 e. The third-order valence-electron chi connectivity index (χ3n) is 4.87. The monoisotopic (exact) mass is 304 g/mol. The van der Waals surface area contributed by atoms with Crippen LogP contribution < -0.4 is 11.1 Å². The van der Waals surface area contributed by atoms with Crippen LogP contribution in [-0.4, -0.2) is 29.7 Å². The second kappa shape index (κ2) is 6.63. The third kappa shape index (κ3) is 3.86. The van der Waals surface area contributed by atoms with Gasteiger partial charge in [0.2, 0.25) is 5.91 Å². The number of nitrogens with two attached hydrogens (primary N) is 1. The molecule has 20 heavy (non-hydrogen) atoms. The minimum atomic E-state index is -0.336. The summed E-state index contributed by atoms with van der Waals surface area (Å²) < 4.78 is 0. The normalized spacial score (nSPS) is 33.6. The molecule has 0 aromatic rings. The Morgan fingerprint density at radius 3 is 2.50 bits per heavy atom. The summed E-state index contributed by atoms with van der Waals surface area (Å²) in [6.45, 7) is 6.54. The first-order chi connectivity index (χ1) is 8.80. The number of nitrogens with one attached hydrogen (secondary N) is 1. The van der Waals surface area contributed by atoms with E-state index < -0.39 is 0 Å². The molecule has 0 saturated heterocycles. The molecular formula is C15H29ClN2O2. The van der Waals surface area contributed by atoms with Crippen LogP contribution in [0.1, 0.15) is 46.5 Å². The van der Waals surface area contributed by atoms with Crippen LogP contribution in [0.5, 0.6) is 0 Å². The molecule has 5 heteroatoms. The van der Waals surface area contributed by atoms with E-state index in [0.29, 0.717) is 24.8 Å². The maximum absolute atomic E-state index is 12.3. The van der Waals surface area contributed by atoms with Crippen LogP contribution in [0, 0.1) is 23.2 Å². The van der Waals surface area contributed by atoms with Crippen molar-refractivity contribution in [3.63, 3.8) is 0 Å². The van der Waals surface area contributed by atoms with Gasteiger partial charge in [-0.3, -0.25) is 4.79 Å². The topological polar surface area (TPSA) is 75.3 Å². The minimum Gasteiger partial charge on any atom is -0.393 e. The molecule has 4 nitrogen and oxygen atoms in total. The lowest BCUT2D eigenvalue weighted by Crippen LogP contribution is -2.47. The number of aliphatic hydroxyl groups excluding tert-OH is 1. The van der Waals surface area contributed by atoms with Crippen molar-refractivity contribution < 1.29 is 9.90 Å². The molecule has 0 aliphatic heterocycles. The highest BCUT2D eigenvalue weighted by molar-refractivity contribution is 5.85. The zero-order valence-corrected chi connectivity index (χ0v) is 13.6. The summed E-state index contributed by atoms with van der Waals surface area (Å²) in [6.07, 6.45) is 3.85. The van der Waals surface area contributed by atoms with Crippen molar-refractivity contribution in [2.45, 2.75) is 58.6 Å². The second-order valence-corrected chi connectivity index (χ2v) is 7.37. The fraction of sp³-hybridized carbons (Fsp3) is 0.933. The van der Waals surface area contributed by atoms with Gasteiger partial charge in [-0.2, -0.15) is 0 Å². The summed E-state index contributed by atoms with van der Waals surface area (Å²) in [7, 11) is 0. The maximum Gasteiger partial charge on any atom is 0.224 e. The molecule has 0 aromatic carbocycles. The Morgan fingerprint density at radius 1 is 1.40 bits per heavy atom. The summed E-state index contributed by atoms with van der Waals surface area (Å²) in [4.78, 5) is 12.3. The van der Waals surface area contributed by atoms with E-state index in [1.165, 1.54) is 6.42 Å². The van der Waals surface area contributed by atoms with E-state index in [-0.39, 0.29) is 41.8 Å². The molecule has 1 amide bonds. The van der Waals surface area contributed by atoms with Crippen LogP contribution in [-0.2, 0) is 4.79 Å². The third-order valence-corrected chi connectivity index (χ3v) is 4.87. The van der Waals surface area contributed by atoms with Gasteiger partial charge in [-0.25, -0.2) is 0 Å². The molecule has 2 bridgehead atoms. The SMILES string of the molecule is CC(O)CC(C)(C)CNC(=O)C1C2CCC(C2)C1N.Cl. The Morgan fingerprint density at radius 2 is 2.00 bits per heavy atom. The van der Waals surface area contributed by atoms with E-state index in [2.05, 4.69) is 19.2 Å². The zero-order chi connectivity index (χ0) is 14.2. The number of carbonyl (C=O) groups excluding carboxylic acids is 1. The van der Waals surface area contributed by atoms with Gasteiger partial charge >= 0.3 is 0 Å². The van der Waals surface area contributed by atoms with E-state index in [1.54, 1.807) is 6.92 Å². The minimum absolute atomic E-state index is 0. The zero-order valence-electron chi connectivity index (χ0n) is 12.8. The second-order valence-electron chi connectivity index (χ2n) is 7.37. The molecule has 2 aliphatic carbocycles. The molecule has 2 saturated carbocycles. The predicted octanol–water partition coefficient (Wildman–Crippen LogP) is 1.69. The summed E-state index contributed by atoms with van der Waals surface area (Å²) in [6, 6.07) is 0.0543. The van der Waals surface area contributed by atoms with Gasteiger partial charge in [-0.1, -0.05) is 13.8 Å². The van der Waals surface area contributed by atoms with Crippen LogP contribution >= 0.6 is 12.4 Å². The van der Waals surface area contributed by atoms with Crippen LogP contribution in [0.2, 0.25) is 0 Å². The fourth-order valence-corrected chi connectivity index (χ4v) is 4.04. The maximum atomic E-state index is 12.3. The lowest BCUT2D eigenvalue weighted by atomic mass is 9.83. The fourth-order valence-electron chi connectivity index (χ4n) is 4.04. The molecule has 118 valence electrons. The van der Waals surface area contributed by atoms with Crippen molar-refractivity contribution in [3.8, 4) is 0 Å². The van der Waals surface area contributed by atoms with E-state index in [9.17, 15) is 9.90 Å². The highest BCUT2D eigenvalue weighted by Gasteiger charge is 2.49. The molecule has 0 spiro atoms. The first-order valence-electron chi connectivity index (χ1n) is 7.51. The van der Waals surface area contributed by atoms with Crippen molar-refractivity contribution in [2.75, 3.05) is 6.54 Å². The van der Waals surface area contributed by atoms with E-state index in [1.807, 2.05) is 0 Å². The van der Waals surface area contributed by atoms with Gasteiger partial charge in [0.15, 0.2) is 0 Å². The van der Waals surface area contributed by atoms with Crippen molar-refractivity contribution in [1.82, 2.24) is 5.32 Å². The standard InChI is InChI=1S/C15H28N2O2.ClH/c1-9(18)7-15(2,3)8-17-14(19)12-10-4-5-11(6-10)13(12)16;/h9-13,18H,4-8,16H2,1-3H3,(H,17,19);1H. The Labute approximate surface area is 128 Å². The number of aliphatic hydroxyl groups is 1. The lowest BCUT2D eigenvalue weighted by molar-refractivity contribution is -0.127. The lowest BCUT2D eigenvalue weighted by Gasteiger charge is -2.30. The molecule has 2 rings (SSSR count). The largest absolute Gasteiger partial charge is 0.393 e. The Balaban J connectivity index is 0.00000200. The number of hydrogen-bond donors (Lipinski definition) is 3. The number of halogens is 1. The molecule has 0 radical (unpaired) electrons. The molecule has 2 fully saturated rings. The van der Waals surface area contributed by atoms with E-state index >= 15 is 0 Å². The average Bonchev–Trinajstić information content (AvgIpc) is 2.84. The van der Waals surface area contributed by atoms with Gasteiger partial charge in [-0.15, -0.1) is 12.4 Å². The molecule has 0 aromatic heterocycles. The quantitative estimate of drug-likeness (QED) is 0.723. The first kappa shape index (κ1) is 17.7. The van der Waals surface area contributed by atoms with Gasteiger partial charge in [-0.05, 0) is 49.9 Å².